The third-order valence-corrected chi connectivity index (χ3v) is 2.67. The monoisotopic (exact) mass is 182 g/mol. The number of hydrogen-bond donors (Lipinski definition) is 1. The third-order valence-electron chi connectivity index (χ3n) is 2.67. The summed E-state index contributed by atoms with van der Waals surface area (Å²) in [7, 11) is 1.63. The van der Waals surface area contributed by atoms with E-state index in [1.54, 1.807) is 11.6 Å². The third kappa shape index (κ3) is 1.24. The molecule has 2 N–H and O–H groups in total. The van der Waals surface area contributed by atoms with E-state index in [-0.39, 0.29) is 11.7 Å². The number of hydrogen-bond acceptors (Lipinski definition) is 3. The lowest BCUT2D eigenvalue weighted by Gasteiger charge is -2.09. The van der Waals surface area contributed by atoms with Crippen LogP contribution >= 0.6 is 0 Å². The van der Waals surface area contributed by atoms with Gasteiger partial charge in [0.1, 0.15) is 0 Å². The number of aromatic nitrogens is 3. The van der Waals surface area contributed by atoms with Gasteiger partial charge in [-0.2, -0.15) is 0 Å². The molecule has 0 saturated heterocycles. The van der Waals surface area contributed by atoms with E-state index in [2.05, 4.69) is 5.10 Å². The van der Waals surface area contributed by atoms with Crippen LogP contribution in [0.1, 0.15) is 31.7 Å². The van der Waals surface area contributed by atoms with E-state index in [9.17, 15) is 4.79 Å². The molecule has 1 aliphatic carbocycles. The minimum absolute atomic E-state index is 0.0931. The summed E-state index contributed by atoms with van der Waals surface area (Å²) in [4.78, 5) is 11.6. The fraction of sp³-hybridized carbons (Fsp3) is 0.750. The summed E-state index contributed by atoms with van der Waals surface area (Å²) in [6.45, 7) is 0. The topological polar surface area (TPSA) is 65.8 Å². The van der Waals surface area contributed by atoms with Crippen molar-refractivity contribution >= 4 is 5.95 Å². The van der Waals surface area contributed by atoms with Crippen molar-refractivity contribution in [2.45, 2.75) is 31.7 Å². The first-order chi connectivity index (χ1) is 6.20. The second-order valence-corrected chi connectivity index (χ2v) is 3.57. The van der Waals surface area contributed by atoms with Crippen LogP contribution in [-0.2, 0) is 7.05 Å². The van der Waals surface area contributed by atoms with Crippen molar-refractivity contribution in [1.29, 1.82) is 0 Å². The average Bonchev–Trinajstić information content (AvgIpc) is 2.63. The molecule has 0 amide bonds. The van der Waals surface area contributed by atoms with Gasteiger partial charge in [0.05, 0.1) is 0 Å². The van der Waals surface area contributed by atoms with Crippen LogP contribution in [0.25, 0.3) is 0 Å². The summed E-state index contributed by atoms with van der Waals surface area (Å²) < 4.78 is 2.92. The lowest BCUT2D eigenvalue weighted by molar-refractivity contribution is 0.502. The van der Waals surface area contributed by atoms with Crippen molar-refractivity contribution in [3.8, 4) is 0 Å². The Morgan fingerprint density at radius 3 is 2.54 bits per heavy atom. The van der Waals surface area contributed by atoms with Gasteiger partial charge in [0.15, 0.2) is 0 Å². The van der Waals surface area contributed by atoms with Gasteiger partial charge < -0.3 is 5.73 Å². The van der Waals surface area contributed by atoms with Gasteiger partial charge in [-0.15, -0.1) is 5.10 Å². The largest absolute Gasteiger partial charge is 0.368 e. The standard InChI is InChI=1S/C8H14N4O/c1-11-8(13)12(7(9)10-11)6-4-2-3-5-6/h6H,2-5H2,1H3,(H2,9,10). The summed E-state index contributed by atoms with van der Waals surface area (Å²) in [5.74, 6) is 0.347. The molecule has 0 aromatic carbocycles. The molecule has 0 unspecified atom stereocenters. The zero-order valence-corrected chi connectivity index (χ0v) is 7.73. The molecule has 5 nitrogen and oxygen atoms in total. The number of aryl methyl sites for hydroxylation is 1. The highest BCUT2D eigenvalue weighted by atomic mass is 16.2. The van der Waals surface area contributed by atoms with E-state index in [1.807, 2.05) is 0 Å². The average molecular weight is 182 g/mol. The molecule has 5 heteroatoms. The Morgan fingerprint density at radius 1 is 1.46 bits per heavy atom. The molecule has 0 atom stereocenters. The maximum Gasteiger partial charge on any atom is 0.347 e. The number of nitrogens with two attached hydrogens (primary N) is 1. The second kappa shape index (κ2) is 2.90. The first-order valence-electron chi connectivity index (χ1n) is 4.61. The molecule has 72 valence electrons. The minimum atomic E-state index is -0.0931. The Morgan fingerprint density at radius 2 is 2.08 bits per heavy atom. The molecule has 13 heavy (non-hydrogen) atoms. The first-order valence-corrected chi connectivity index (χ1v) is 4.61. The zero-order valence-electron chi connectivity index (χ0n) is 7.73. The summed E-state index contributed by atoms with van der Waals surface area (Å²) in [6.07, 6.45) is 4.47. The van der Waals surface area contributed by atoms with Gasteiger partial charge >= 0.3 is 5.69 Å². The molecule has 0 bridgehead atoms. The Hall–Kier alpha value is -1.26. The van der Waals surface area contributed by atoms with Gasteiger partial charge in [-0.1, -0.05) is 12.8 Å². The van der Waals surface area contributed by atoms with Crippen molar-refractivity contribution in [3.05, 3.63) is 10.5 Å². The normalized spacial score (nSPS) is 18.2. The molecular formula is C8H14N4O. The summed E-state index contributed by atoms with van der Waals surface area (Å²) in [5.41, 5.74) is 5.56. The Labute approximate surface area is 76.2 Å². The van der Waals surface area contributed by atoms with Gasteiger partial charge in [-0.3, -0.25) is 4.57 Å². The van der Waals surface area contributed by atoms with Crippen molar-refractivity contribution < 1.29 is 0 Å². The molecule has 0 aliphatic heterocycles. The van der Waals surface area contributed by atoms with Gasteiger partial charge in [0.2, 0.25) is 5.95 Å². The number of rotatable bonds is 1. The van der Waals surface area contributed by atoms with Crippen molar-refractivity contribution in [3.63, 3.8) is 0 Å². The Bertz CT molecular complexity index is 359. The molecule has 1 fully saturated rings. The summed E-state index contributed by atoms with van der Waals surface area (Å²) >= 11 is 0. The van der Waals surface area contributed by atoms with Crippen molar-refractivity contribution in [1.82, 2.24) is 14.3 Å². The number of anilines is 1. The van der Waals surface area contributed by atoms with E-state index >= 15 is 0 Å². The molecule has 1 aromatic rings. The van der Waals surface area contributed by atoms with Gasteiger partial charge in [0.25, 0.3) is 0 Å². The molecule has 0 spiro atoms. The van der Waals surface area contributed by atoms with E-state index in [0.29, 0.717) is 5.95 Å². The van der Waals surface area contributed by atoms with E-state index in [0.717, 1.165) is 12.8 Å². The molecule has 1 saturated carbocycles. The Kier molecular flexibility index (Phi) is 1.86. The fourth-order valence-electron chi connectivity index (χ4n) is 2.00. The molecular weight excluding hydrogens is 168 g/mol. The minimum Gasteiger partial charge on any atom is -0.368 e. The fourth-order valence-corrected chi connectivity index (χ4v) is 2.00. The lowest BCUT2D eigenvalue weighted by atomic mass is 10.2. The van der Waals surface area contributed by atoms with Crippen LogP contribution < -0.4 is 11.4 Å². The van der Waals surface area contributed by atoms with Gasteiger partial charge in [-0.05, 0) is 12.8 Å². The maximum absolute atomic E-state index is 11.6. The zero-order chi connectivity index (χ0) is 9.42. The SMILES string of the molecule is Cn1nc(N)n(C2CCCC2)c1=O. The van der Waals surface area contributed by atoms with Gasteiger partial charge in [0, 0.05) is 13.1 Å². The lowest BCUT2D eigenvalue weighted by Crippen LogP contribution is -2.25. The predicted molar refractivity (Wildman–Crippen MR) is 49.4 cm³/mol. The van der Waals surface area contributed by atoms with Crippen LogP contribution in [0.15, 0.2) is 4.79 Å². The Balaban J connectivity index is 2.43. The first kappa shape index (κ1) is 8.34. The van der Waals surface area contributed by atoms with Crippen LogP contribution in [0.4, 0.5) is 5.95 Å². The second-order valence-electron chi connectivity index (χ2n) is 3.57. The molecule has 2 rings (SSSR count). The highest BCUT2D eigenvalue weighted by Gasteiger charge is 2.21. The quantitative estimate of drug-likeness (QED) is 0.678. The van der Waals surface area contributed by atoms with Gasteiger partial charge in [-0.25, -0.2) is 9.48 Å². The maximum atomic E-state index is 11.6. The molecule has 1 aliphatic rings. The smallest absolute Gasteiger partial charge is 0.347 e. The molecule has 1 aromatic heterocycles. The van der Waals surface area contributed by atoms with Crippen LogP contribution in [-0.4, -0.2) is 14.3 Å². The number of nitrogens with zero attached hydrogens (tertiary/aromatic N) is 3. The summed E-state index contributed by atoms with van der Waals surface area (Å²) in [5, 5.41) is 3.90. The molecule has 0 radical (unpaired) electrons. The van der Waals surface area contributed by atoms with Crippen molar-refractivity contribution in [2.24, 2.45) is 7.05 Å². The predicted octanol–water partition coefficient (Wildman–Crippen LogP) is 0.279. The van der Waals surface area contributed by atoms with Crippen LogP contribution in [0.5, 0.6) is 0 Å². The van der Waals surface area contributed by atoms with E-state index < -0.39 is 0 Å². The summed E-state index contributed by atoms with van der Waals surface area (Å²) in [6, 6.07) is 0.279. The highest BCUT2D eigenvalue weighted by Crippen LogP contribution is 2.29. The number of nitrogen functional groups attached to an aromatic ring is 1. The van der Waals surface area contributed by atoms with Crippen LogP contribution in [0, 0.1) is 0 Å². The van der Waals surface area contributed by atoms with Crippen LogP contribution in [0.2, 0.25) is 0 Å². The van der Waals surface area contributed by atoms with Crippen molar-refractivity contribution in [2.75, 3.05) is 5.73 Å². The van der Waals surface area contributed by atoms with Crippen LogP contribution in [0.3, 0.4) is 0 Å². The van der Waals surface area contributed by atoms with E-state index in [4.69, 9.17) is 5.73 Å². The highest BCUT2D eigenvalue weighted by molar-refractivity contribution is 5.15. The van der Waals surface area contributed by atoms with E-state index in [1.165, 1.54) is 17.5 Å². The molecule has 1 heterocycles.